The van der Waals surface area contributed by atoms with Gasteiger partial charge in [0.2, 0.25) is 5.91 Å². The number of carbonyl (C=O) groups excluding carboxylic acids is 1. The van der Waals surface area contributed by atoms with Crippen molar-refractivity contribution in [2.24, 2.45) is 0 Å². The Hall–Kier alpha value is -1.55. The number of hydrogen-bond donors (Lipinski definition) is 0. The second-order valence-electron chi connectivity index (χ2n) is 6.54. The summed E-state index contributed by atoms with van der Waals surface area (Å²) in [6, 6.07) is 15.8. The maximum atomic E-state index is 12.4. The van der Waals surface area contributed by atoms with Gasteiger partial charge in [-0.1, -0.05) is 59.6 Å². The Balaban J connectivity index is 1.39. The molecule has 1 radical (unpaired) electrons. The third-order valence-electron chi connectivity index (χ3n) is 4.74. The van der Waals surface area contributed by atoms with E-state index in [0.717, 1.165) is 44.7 Å². The fourth-order valence-corrected chi connectivity index (χ4v) is 3.45. The number of piperazine rings is 1. The summed E-state index contributed by atoms with van der Waals surface area (Å²) in [6.45, 7) is 4.39. The fourth-order valence-electron chi connectivity index (χ4n) is 3.13. The van der Waals surface area contributed by atoms with Gasteiger partial charge in [-0.3, -0.25) is 9.69 Å². The molecule has 0 aromatic heterocycles. The lowest BCUT2D eigenvalue weighted by Gasteiger charge is -2.34. The Labute approximate surface area is 165 Å². The molecule has 1 heterocycles. The maximum absolute atomic E-state index is 12.4. The second kappa shape index (κ2) is 9.40. The van der Waals surface area contributed by atoms with Crippen LogP contribution in [-0.2, 0) is 11.2 Å². The van der Waals surface area contributed by atoms with Crippen LogP contribution in [0.25, 0.3) is 0 Å². The van der Waals surface area contributed by atoms with Crippen molar-refractivity contribution in [3.05, 3.63) is 76.1 Å². The van der Waals surface area contributed by atoms with Gasteiger partial charge < -0.3 is 4.90 Å². The summed E-state index contributed by atoms with van der Waals surface area (Å²) in [5.74, 6) is 0.206. The van der Waals surface area contributed by atoms with Crippen LogP contribution in [0.5, 0.6) is 0 Å². The van der Waals surface area contributed by atoms with E-state index in [1.54, 1.807) is 0 Å². The minimum Gasteiger partial charge on any atom is -0.340 e. The highest BCUT2D eigenvalue weighted by Gasteiger charge is 2.20. The molecular formula is C21H23Cl2N2O. The van der Waals surface area contributed by atoms with Gasteiger partial charge in [0.05, 0.1) is 10.0 Å². The first-order valence-electron chi connectivity index (χ1n) is 8.94. The Kier molecular flexibility index (Phi) is 6.95. The van der Waals surface area contributed by atoms with E-state index in [0.29, 0.717) is 16.5 Å². The first-order valence-corrected chi connectivity index (χ1v) is 9.70. The number of halogens is 2. The van der Waals surface area contributed by atoms with E-state index in [1.165, 1.54) is 5.56 Å². The predicted octanol–water partition coefficient (Wildman–Crippen LogP) is 4.32. The third-order valence-corrected chi connectivity index (χ3v) is 5.48. The van der Waals surface area contributed by atoms with Crippen LogP contribution in [0.2, 0.25) is 10.0 Å². The normalized spacial score (nSPS) is 15.2. The zero-order valence-corrected chi connectivity index (χ0v) is 16.2. The Morgan fingerprint density at radius 1 is 0.962 bits per heavy atom. The molecule has 3 rings (SSSR count). The molecule has 0 unspecified atom stereocenters. The molecule has 0 N–H and O–H groups in total. The standard InChI is InChI=1S/C21H23Cl2N2O/c22-19-8-6-18(16-20(19)23)10-11-24-12-14-25(15-13-24)21(26)9-7-17-4-2-1-3-5-17/h1-8,16H,9-15H2. The number of rotatable bonds is 6. The highest BCUT2D eigenvalue weighted by atomic mass is 35.5. The molecule has 1 saturated heterocycles. The molecule has 0 spiro atoms. The van der Waals surface area contributed by atoms with E-state index in [2.05, 4.69) is 4.90 Å². The molecule has 1 fully saturated rings. The van der Waals surface area contributed by atoms with Crippen molar-refractivity contribution in [2.75, 3.05) is 32.7 Å². The van der Waals surface area contributed by atoms with Crippen molar-refractivity contribution < 1.29 is 4.79 Å². The van der Waals surface area contributed by atoms with Gasteiger partial charge in [-0.15, -0.1) is 0 Å². The van der Waals surface area contributed by atoms with E-state index < -0.39 is 0 Å². The number of nitrogens with zero attached hydrogens (tertiary/aromatic N) is 2. The van der Waals surface area contributed by atoms with Gasteiger partial charge in [-0.2, -0.15) is 0 Å². The molecule has 5 heteroatoms. The lowest BCUT2D eigenvalue weighted by atomic mass is 10.1. The van der Waals surface area contributed by atoms with Crippen molar-refractivity contribution in [3.8, 4) is 0 Å². The summed E-state index contributed by atoms with van der Waals surface area (Å²) in [5.41, 5.74) is 2.29. The molecule has 26 heavy (non-hydrogen) atoms. The Morgan fingerprint density at radius 2 is 1.69 bits per heavy atom. The topological polar surface area (TPSA) is 23.6 Å². The quantitative estimate of drug-likeness (QED) is 0.733. The van der Waals surface area contributed by atoms with Crippen molar-refractivity contribution >= 4 is 29.1 Å². The van der Waals surface area contributed by atoms with Crippen molar-refractivity contribution in [2.45, 2.75) is 12.8 Å². The van der Waals surface area contributed by atoms with Crippen LogP contribution in [0.4, 0.5) is 0 Å². The summed E-state index contributed by atoms with van der Waals surface area (Å²) >= 11 is 12.0. The lowest BCUT2D eigenvalue weighted by molar-refractivity contribution is -0.132. The van der Waals surface area contributed by atoms with E-state index in [-0.39, 0.29) is 5.91 Å². The third kappa shape index (κ3) is 5.47. The zero-order valence-electron chi connectivity index (χ0n) is 14.7. The van der Waals surface area contributed by atoms with Gasteiger partial charge in [0, 0.05) is 39.1 Å². The molecule has 0 bridgehead atoms. The van der Waals surface area contributed by atoms with E-state index in [4.69, 9.17) is 23.2 Å². The van der Waals surface area contributed by atoms with Crippen molar-refractivity contribution in [3.63, 3.8) is 0 Å². The molecule has 3 nitrogen and oxygen atoms in total. The maximum Gasteiger partial charge on any atom is 0.223 e. The van der Waals surface area contributed by atoms with E-state index in [1.807, 2.05) is 59.9 Å². The minimum absolute atomic E-state index is 0.206. The summed E-state index contributed by atoms with van der Waals surface area (Å²) in [7, 11) is 0. The monoisotopic (exact) mass is 389 g/mol. The van der Waals surface area contributed by atoms with E-state index in [9.17, 15) is 4.79 Å². The second-order valence-corrected chi connectivity index (χ2v) is 7.35. The van der Waals surface area contributed by atoms with Crippen LogP contribution in [-0.4, -0.2) is 48.4 Å². The number of amides is 1. The fraction of sp³-hybridized carbons (Fsp3) is 0.333. The molecule has 137 valence electrons. The highest BCUT2D eigenvalue weighted by molar-refractivity contribution is 6.42. The smallest absolute Gasteiger partial charge is 0.223 e. The van der Waals surface area contributed by atoms with Gasteiger partial charge in [-0.25, -0.2) is 0 Å². The average Bonchev–Trinajstić information content (AvgIpc) is 2.68. The Morgan fingerprint density at radius 3 is 2.38 bits per heavy atom. The van der Waals surface area contributed by atoms with Crippen LogP contribution in [0, 0.1) is 6.42 Å². The minimum atomic E-state index is 0.206. The highest BCUT2D eigenvalue weighted by Crippen LogP contribution is 2.23. The summed E-state index contributed by atoms with van der Waals surface area (Å²) < 4.78 is 0. The predicted molar refractivity (Wildman–Crippen MR) is 108 cm³/mol. The van der Waals surface area contributed by atoms with Gasteiger partial charge in [0.15, 0.2) is 0 Å². The largest absolute Gasteiger partial charge is 0.340 e. The summed E-state index contributed by atoms with van der Waals surface area (Å²) in [4.78, 5) is 16.7. The Bertz CT molecular complexity index is 728. The summed E-state index contributed by atoms with van der Waals surface area (Å²) in [6.07, 6.45) is 3.40. The van der Waals surface area contributed by atoms with Gasteiger partial charge in [-0.05, 0) is 36.1 Å². The van der Waals surface area contributed by atoms with Gasteiger partial charge >= 0.3 is 0 Å². The summed E-state index contributed by atoms with van der Waals surface area (Å²) in [5, 5.41) is 1.20. The first kappa shape index (κ1) is 19.2. The van der Waals surface area contributed by atoms with E-state index >= 15 is 0 Å². The van der Waals surface area contributed by atoms with Gasteiger partial charge in [0.25, 0.3) is 0 Å². The van der Waals surface area contributed by atoms with Crippen molar-refractivity contribution in [1.29, 1.82) is 0 Å². The van der Waals surface area contributed by atoms with Crippen LogP contribution in [0.1, 0.15) is 17.5 Å². The molecule has 0 atom stereocenters. The number of benzene rings is 2. The van der Waals surface area contributed by atoms with Gasteiger partial charge in [0.1, 0.15) is 0 Å². The number of carbonyl (C=O) groups is 1. The molecule has 0 aliphatic carbocycles. The molecule has 2 aromatic carbocycles. The average molecular weight is 390 g/mol. The molecule has 2 aromatic rings. The van der Waals surface area contributed by atoms with Crippen LogP contribution in [0.3, 0.4) is 0 Å². The molecule has 1 aliphatic rings. The molecule has 1 aliphatic heterocycles. The number of hydrogen-bond acceptors (Lipinski definition) is 2. The van der Waals surface area contributed by atoms with Crippen LogP contribution >= 0.6 is 23.2 Å². The SMILES string of the molecule is O=C(C[CH]c1ccccc1)N1CCN(CCc2ccc(Cl)c(Cl)c2)CC1. The molecule has 0 saturated carbocycles. The van der Waals surface area contributed by atoms with Crippen LogP contribution in [0.15, 0.2) is 48.5 Å². The zero-order chi connectivity index (χ0) is 18.4. The molecular weight excluding hydrogens is 367 g/mol. The first-order chi connectivity index (χ1) is 12.6. The van der Waals surface area contributed by atoms with Crippen molar-refractivity contribution in [1.82, 2.24) is 9.80 Å². The van der Waals surface area contributed by atoms with Crippen LogP contribution < -0.4 is 0 Å². The molecule has 1 amide bonds. The lowest BCUT2D eigenvalue weighted by Crippen LogP contribution is -2.49.